The van der Waals surface area contributed by atoms with Crippen LogP contribution in [-0.4, -0.2) is 19.7 Å². The normalized spacial score (nSPS) is 10.7. The first kappa shape index (κ1) is 10.1. The predicted molar refractivity (Wildman–Crippen MR) is 59.6 cm³/mol. The molecule has 0 aliphatic heterocycles. The summed E-state index contributed by atoms with van der Waals surface area (Å²) in [4.78, 5) is 4.30. The molecule has 0 spiro atoms. The third-order valence-electron chi connectivity index (χ3n) is 2.06. The molecule has 5 nitrogen and oxygen atoms in total. The van der Waals surface area contributed by atoms with Gasteiger partial charge in [0.25, 0.3) is 0 Å². The van der Waals surface area contributed by atoms with E-state index in [0.29, 0.717) is 11.7 Å². The first-order valence-corrected chi connectivity index (χ1v) is 5.69. The third-order valence-corrected chi connectivity index (χ3v) is 2.80. The second-order valence-corrected chi connectivity index (χ2v) is 4.35. The van der Waals surface area contributed by atoms with E-state index in [-0.39, 0.29) is 0 Å². The molecule has 80 valence electrons. The van der Waals surface area contributed by atoms with Gasteiger partial charge in [-0.3, -0.25) is 0 Å². The molecule has 0 unspecified atom stereocenters. The van der Waals surface area contributed by atoms with Gasteiger partial charge in [-0.25, -0.2) is 4.98 Å². The fraction of sp³-hybridized carbons (Fsp3) is 0.444. The van der Waals surface area contributed by atoms with Gasteiger partial charge in [-0.05, 0) is 6.42 Å². The zero-order valence-corrected chi connectivity index (χ0v) is 9.37. The van der Waals surface area contributed by atoms with E-state index in [4.69, 9.17) is 5.73 Å². The van der Waals surface area contributed by atoms with E-state index >= 15 is 0 Å². The van der Waals surface area contributed by atoms with Gasteiger partial charge in [-0.2, -0.15) is 0 Å². The lowest BCUT2D eigenvalue weighted by Gasteiger charge is -2.03. The molecule has 2 rings (SSSR count). The van der Waals surface area contributed by atoms with Gasteiger partial charge in [0.05, 0.1) is 6.54 Å². The first-order valence-electron chi connectivity index (χ1n) is 4.87. The number of rotatable bonds is 4. The highest BCUT2D eigenvalue weighted by molar-refractivity contribution is 7.15. The Labute approximate surface area is 92.0 Å². The molecule has 0 radical (unpaired) electrons. The second kappa shape index (κ2) is 4.39. The summed E-state index contributed by atoms with van der Waals surface area (Å²) in [6.45, 7) is 2.85. The lowest BCUT2D eigenvalue weighted by molar-refractivity contribution is 0.697. The minimum atomic E-state index is 0.516. The van der Waals surface area contributed by atoms with Crippen LogP contribution in [0, 0.1) is 0 Å². The van der Waals surface area contributed by atoms with Crippen molar-refractivity contribution in [2.45, 2.75) is 26.3 Å². The molecule has 2 aromatic rings. The number of hydrogen-bond donors (Lipinski definition) is 1. The van der Waals surface area contributed by atoms with Crippen molar-refractivity contribution >= 4 is 16.5 Å². The quantitative estimate of drug-likeness (QED) is 0.848. The Bertz CT molecular complexity index is 433. The largest absolute Gasteiger partial charge is 0.374 e. The molecule has 0 aliphatic rings. The van der Waals surface area contributed by atoms with E-state index in [2.05, 4.69) is 26.7 Å². The van der Waals surface area contributed by atoms with E-state index in [1.165, 1.54) is 11.3 Å². The molecule has 15 heavy (non-hydrogen) atoms. The fourth-order valence-corrected chi connectivity index (χ4v) is 2.02. The second-order valence-electron chi connectivity index (χ2n) is 3.26. The lowest BCUT2D eigenvalue weighted by atomic mass is 10.3. The summed E-state index contributed by atoms with van der Waals surface area (Å²) in [5, 5.41) is 9.21. The summed E-state index contributed by atoms with van der Waals surface area (Å²) in [6.07, 6.45) is 5.86. The van der Waals surface area contributed by atoms with Crippen LogP contribution >= 0.6 is 11.3 Å². The van der Waals surface area contributed by atoms with Crippen molar-refractivity contribution in [1.29, 1.82) is 0 Å². The molecule has 0 saturated carbocycles. The van der Waals surface area contributed by atoms with Gasteiger partial charge in [-0.1, -0.05) is 18.3 Å². The molecule has 2 aromatic heterocycles. The van der Waals surface area contributed by atoms with Gasteiger partial charge in [-0.15, -0.1) is 10.2 Å². The van der Waals surface area contributed by atoms with Crippen molar-refractivity contribution < 1.29 is 0 Å². The van der Waals surface area contributed by atoms with Crippen LogP contribution in [0.4, 0.5) is 5.13 Å². The Morgan fingerprint density at radius 3 is 3.00 bits per heavy atom. The summed E-state index contributed by atoms with van der Waals surface area (Å²) >= 11 is 1.42. The van der Waals surface area contributed by atoms with Gasteiger partial charge < -0.3 is 10.3 Å². The first-order chi connectivity index (χ1) is 7.29. The Morgan fingerprint density at radius 2 is 2.33 bits per heavy atom. The fourth-order valence-electron chi connectivity index (χ4n) is 1.41. The molecular formula is C9H13N5S. The summed E-state index contributed by atoms with van der Waals surface area (Å²) in [5.74, 6) is 1.09. The molecule has 2 N–H and O–H groups in total. The minimum Gasteiger partial charge on any atom is -0.374 e. The zero-order valence-electron chi connectivity index (χ0n) is 8.55. The van der Waals surface area contributed by atoms with Gasteiger partial charge >= 0.3 is 0 Å². The van der Waals surface area contributed by atoms with Gasteiger partial charge in [0, 0.05) is 18.8 Å². The maximum Gasteiger partial charge on any atom is 0.203 e. The number of hydrogen-bond acceptors (Lipinski definition) is 5. The lowest BCUT2D eigenvalue weighted by Crippen LogP contribution is -2.03. The molecule has 0 atom stereocenters. The van der Waals surface area contributed by atoms with Crippen LogP contribution in [0.5, 0.6) is 0 Å². The van der Waals surface area contributed by atoms with Crippen molar-refractivity contribution in [2.75, 3.05) is 5.73 Å². The summed E-state index contributed by atoms with van der Waals surface area (Å²) < 4.78 is 2.09. The number of anilines is 1. The Balaban J connectivity index is 2.13. The molecule has 0 bridgehead atoms. The summed E-state index contributed by atoms with van der Waals surface area (Å²) in [7, 11) is 0. The topological polar surface area (TPSA) is 69.6 Å². The average Bonchev–Trinajstić information content (AvgIpc) is 2.78. The van der Waals surface area contributed by atoms with Crippen molar-refractivity contribution in [3.05, 3.63) is 23.2 Å². The number of imidazole rings is 1. The average molecular weight is 223 g/mol. The predicted octanol–water partition coefficient (Wildman–Crippen LogP) is 1.32. The molecular weight excluding hydrogens is 210 g/mol. The van der Waals surface area contributed by atoms with E-state index in [1.807, 2.05) is 12.4 Å². The highest BCUT2D eigenvalue weighted by Gasteiger charge is 2.05. The highest BCUT2D eigenvalue weighted by atomic mass is 32.1. The van der Waals surface area contributed by atoms with Crippen LogP contribution in [0.3, 0.4) is 0 Å². The van der Waals surface area contributed by atoms with Crippen LogP contribution in [0.2, 0.25) is 0 Å². The van der Waals surface area contributed by atoms with Crippen molar-refractivity contribution in [2.24, 2.45) is 0 Å². The Morgan fingerprint density at radius 1 is 1.47 bits per heavy atom. The smallest absolute Gasteiger partial charge is 0.203 e. The zero-order chi connectivity index (χ0) is 10.7. The van der Waals surface area contributed by atoms with E-state index in [1.54, 1.807) is 0 Å². The number of nitrogens with zero attached hydrogens (tertiary/aromatic N) is 4. The Kier molecular flexibility index (Phi) is 2.96. The van der Waals surface area contributed by atoms with Gasteiger partial charge in [0.2, 0.25) is 5.13 Å². The number of aryl methyl sites for hydroxylation is 1. The van der Waals surface area contributed by atoms with Gasteiger partial charge in [0.15, 0.2) is 0 Å². The maximum absolute atomic E-state index is 5.52. The van der Waals surface area contributed by atoms with E-state index in [9.17, 15) is 0 Å². The van der Waals surface area contributed by atoms with Crippen LogP contribution < -0.4 is 5.73 Å². The van der Waals surface area contributed by atoms with Crippen LogP contribution in [0.1, 0.15) is 24.2 Å². The molecule has 2 heterocycles. The SMILES string of the molecule is CCCc1nccn1Cc1nnc(N)s1. The van der Waals surface area contributed by atoms with Crippen LogP contribution in [-0.2, 0) is 13.0 Å². The molecule has 0 aliphatic carbocycles. The van der Waals surface area contributed by atoms with Gasteiger partial charge in [0.1, 0.15) is 10.8 Å². The van der Waals surface area contributed by atoms with E-state index in [0.717, 1.165) is 23.7 Å². The monoisotopic (exact) mass is 223 g/mol. The maximum atomic E-state index is 5.52. The number of nitrogens with two attached hydrogens (primary N) is 1. The minimum absolute atomic E-state index is 0.516. The molecule has 0 saturated heterocycles. The van der Waals surface area contributed by atoms with Crippen molar-refractivity contribution in [3.63, 3.8) is 0 Å². The standard InChI is InChI=1S/C9H13N5S/c1-2-3-7-11-4-5-14(7)6-8-12-13-9(10)15-8/h4-5H,2-3,6H2,1H3,(H2,10,13). The van der Waals surface area contributed by atoms with Crippen molar-refractivity contribution in [1.82, 2.24) is 19.7 Å². The summed E-state index contributed by atoms with van der Waals surface area (Å²) in [6, 6.07) is 0. The molecule has 0 fully saturated rings. The van der Waals surface area contributed by atoms with Crippen molar-refractivity contribution in [3.8, 4) is 0 Å². The molecule has 0 aromatic carbocycles. The highest BCUT2D eigenvalue weighted by Crippen LogP contribution is 2.13. The van der Waals surface area contributed by atoms with Crippen LogP contribution in [0.25, 0.3) is 0 Å². The summed E-state index contributed by atoms with van der Waals surface area (Å²) in [5.41, 5.74) is 5.52. The molecule has 6 heteroatoms. The van der Waals surface area contributed by atoms with E-state index < -0.39 is 0 Å². The van der Waals surface area contributed by atoms with Crippen LogP contribution in [0.15, 0.2) is 12.4 Å². The Hall–Kier alpha value is -1.43. The number of nitrogen functional groups attached to an aromatic ring is 1. The third kappa shape index (κ3) is 2.33. The molecule has 0 amide bonds. The number of aromatic nitrogens is 4.